The molecule has 6 nitrogen and oxygen atoms in total. The van der Waals surface area contributed by atoms with Crippen molar-refractivity contribution in [2.24, 2.45) is 0 Å². The van der Waals surface area contributed by atoms with Gasteiger partial charge in [0.05, 0.1) is 11.8 Å². The second kappa shape index (κ2) is 4.71. The molecule has 2 aromatic rings. The lowest BCUT2D eigenvalue weighted by molar-refractivity contribution is -0.136. The summed E-state index contributed by atoms with van der Waals surface area (Å²) >= 11 is 0. The molecule has 1 aromatic heterocycles. The van der Waals surface area contributed by atoms with Crippen LogP contribution in [0.3, 0.4) is 0 Å². The summed E-state index contributed by atoms with van der Waals surface area (Å²) in [6.45, 7) is 0. The molecular formula is C10H9F3N4O2S. The Labute approximate surface area is 111 Å². The van der Waals surface area contributed by atoms with Crippen molar-refractivity contribution in [2.75, 3.05) is 10.5 Å². The van der Waals surface area contributed by atoms with Gasteiger partial charge in [0.15, 0.2) is 5.03 Å². The molecule has 0 aliphatic rings. The predicted molar refractivity (Wildman–Crippen MR) is 65.3 cm³/mol. The fourth-order valence-corrected chi connectivity index (χ4v) is 2.43. The van der Waals surface area contributed by atoms with E-state index in [-0.39, 0.29) is 10.7 Å². The smallest absolute Gasteiger partial charge is 0.398 e. The summed E-state index contributed by atoms with van der Waals surface area (Å²) in [5, 5.41) is 5.40. The number of rotatable bonds is 3. The maximum absolute atomic E-state index is 12.7. The molecule has 108 valence electrons. The van der Waals surface area contributed by atoms with Gasteiger partial charge in [-0.2, -0.15) is 26.7 Å². The first kappa shape index (κ1) is 14.2. The Morgan fingerprint density at radius 3 is 2.50 bits per heavy atom. The largest absolute Gasteiger partial charge is 0.418 e. The molecule has 1 heterocycles. The molecule has 0 spiro atoms. The number of alkyl halides is 3. The minimum Gasteiger partial charge on any atom is -0.398 e. The van der Waals surface area contributed by atoms with Crippen LogP contribution in [0.4, 0.5) is 24.5 Å². The molecule has 0 saturated carbocycles. The molecule has 10 heteroatoms. The summed E-state index contributed by atoms with van der Waals surface area (Å²) in [4.78, 5) is 0. The number of anilines is 2. The minimum absolute atomic E-state index is 0.249. The number of halogens is 3. The minimum atomic E-state index is -4.67. The Bertz CT molecular complexity index is 711. The van der Waals surface area contributed by atoms with E-state index in [1.165, 1.54) is 12.3 Å². The molecule has 0 aliphatic heterocycles. The van der Waals surface area contributed by atoms with E-state index < -0.39 is 27.5 Å². The van der Waals surface area contributed by atoms with Gasteiger partial charge in [0.25, 0.3) is 10.0 Å². The Morgan fingerprint density at radius 2 is 1.95 bits per heavy atom. The van der Waals surface area contributed by atoms with Gasteiger partial charge < -0.3 is 5.73 Å². The molecule has 0 bridgehead atoms. The summed E-state index contributed by atoms with van der Waals surface area (Å²) in [5.74, 6) is 0. The van der Waals surface area contributed by atoms with Crippen molar-refractivity contribution in [1.29, 1.82) is 0 Å². The molecule has 0 fully saturated rings. The molecule has 2 rings (SSSR count). The number of benzene rings is 1. The first-order chi connectivity index (χ1) is 9.20. The molecule has 1 aromatic carbocycles. The summed E-state index contributed by atoms with van der Waals surface area (Å²) in [6.07, 6.45) is -3.46. The molecule has 0 aliphatic carbocycles. The Balaban J connectivity index is 2.36. The fraction of sp³-hybridized carbons (Fsp3) is 0.100. The quantitative estimate of drug-likeness (QED) is 0.753. The zero-order chi connectivity index (χ0) is 15.0. The number of hydrogen-bond acceptors (Lipinski definition) is 4. The number of nitrogens with zero attached hydrogens (tertiary/aromatic N) is 1. The number of aromatic nitrogens is 2. The van der Waals surface area contributed by atoms with Crippen molar-refractivity contribution in [2.45, 2.75) is 11.2 Å². The summed E-state index contributed by atoms with van der Waals surface area (Å²) in [7, 11) is -4.02. The van der Waals surface area contributed by atoms with Crippen LogP contribution < -0.4 is 10.5 Å². The number of sulfonamides is 1. The van der Waals surface area contributed by atoms with Crippen molar-refractivity contribution >= 4 is 21.4 Å². The van der Waals surface area contributed by atoms with E-state index in [4.69, 9.17) is 5.73 Å². The van der Waals surface area contributed by atoms with Crippen LogP contribution in [0, 0.1) is 0 Å². The topological polar surface area (TPSA) is 101 Å². The van der Waals surface area contributed by atoms with Gasteiger partial charge in [-0.1, -0.05) is 0 Å². The lowest BCUT2D eigenvalue weighted by Gasteiger charge is -2.12. The number of hydrogen-bond donors (Lipinski definition) is 3. The number of aromatic amines is 1. The highest BCUT2D eigenvalue weighted by Gasteiger charge is 2.33. The predicted octanol–water partition coefficient (Wildman–Crippen LogP) is 1.81. The van der Waals surface area contributed by atoms with Gasteiger partial charge in [-0.25, -0.2) is 0 Å². The Morgan fingerprint density at radius 1 is 1.25 bits per heavy atom. The highest BCUT2D eigenvalue weighted by Crippen LogP contribution is 2.35. The van der Waals surface area contributed by atoms with Crippen LogP contribution in [0.25, 0.3) is 0 Å². The maximum Gasteiger partial charge on any atom is 0.418 e. The fourth-order valence-electron chi connectivity index (χ4n) is 1.47. The summed E-state index contributed by atoms with van der Waals surface area (Å²) in [6, 6.07) is 3.92. The van der Waals surface area contributed by atoms with E-state index in [2.05, 4.69) is 10.2 Å². The van der Waals surface area contributed by atoms with Crippen molar-refractivity contribution in [3.63, 3.8) is 0 Å². The van der Waals surface area contributed by atoms with Crippen LogP contribution in [0.5, 0.6) is 0 Å². The zero-order valence-corrected chi connectivity index (χ0v) is 10.6. The van der Waals surface area contributed by atoms with Crippen LogP contribution >= 0.6 is 0 Å². The van der Waals surface area contributed by atoms with E-state index >= 15 is 0 Å². The molecule has 0 amide bonds. The molecule has 0 atom stereocenters. The SMILES string of the molecule is Nc1ccc(NS(=O)(=O)c2ccn[nH]2)cc1C(F)(F)F. The normalized spacial score (nSPS) is 12.3. The second-order valence-corrected chi connectivity index (χ2v) is 5.48. The summed E-state index contributed by atoms with van der Waals surface area (Å²) < 4.78 is 63.6. The number of nitrogen functional groups attached to an aromatic ring is 1. The van der Waals surface area contributed by atoms with Crippen molar-refractivity contribution in [3.05, 3.63) is 36.0 Å². The van der Waals surface area contributed by atoms with E-state index in [1.54, 1.807) is 0 Å². The van der Waals surface area contributed by atoms with Gasteiger partial charge in [0.1, 0.15) is 0 Å². The van der Waals surface area contributed by atoms with Crippen LogP contribution in [-0.4, -0.2) is 18.6 Å². The molecular weight excluding hydrogens is 297 g/mol. The Kier molecular flexibility index (Phi) is 3.34. The first-order valence-electron chi connectivity index (χ1n) is 5.19. The van der Waals surface area contributed by atoms with E-state index in [9.17, 15) is 21.6 Å². The molecule has 0 radical (unpaired) electrons. The second-order valence-electron chi connectivity index (χ2n) is 3.83. The van der Waals surface area contributed by atoms with Crippen molar-refractivity contribution in [3.8, 4) is 0 Å². The third-order valence-corrected chi connectivity index (χ3v) is 3.69. The average molecular weight is 306 g/mol. The lowest BCUT2D eigenvalue weighted by atomic mass is 10.1. The van der Waals surface area contributed by atoms with Gasteiger partial charge in [-0.15, -0.1) is 0 Å². The van der Waals surface area contributed by atoms with Crippen LogP contribution in [-0.2, 0) is 16.2 Å². The highest BCUT2D eigenvalue weighted by atomic mass is 32.2. The zero-order valence-electron chi connectivity index (χ0n) is 9.77. The highest BCUT2D eigenvalue weighted by molar-refractivity contribution is 7.92. The maximum atomic E-state index is 12.7. The van der Waals surface area contributed by atoms with Crippen LogP contribution in [0.1, 0.15) is 5.56 Å². The molecule has 4 N–H and O–H groups in total. The van der Waals surface area contributed by atoms with Gasteiger partial charge in [0, 0.05) is 11.4 Å². The van der Waals surface area contributed by atoms with E-state index in [1.807, 2.05) is 4.72 Å². The van der Waals surface area contributed by atoms with Crippen LogP contribution in [0.15, 0.2) is 35.5 Å². The lowest BCUT2D eigenvalue weighted by Crippen LogP contribution is -2.15. The van der Waals surface area contributed by atoms with Gasteiger partial charge in [-0.05, 0) is 24.3 Å². The average Bonchev–Trinajstić information content (AvgIpc) is 2.84. The molecule has 20 heavy (non-hydrogen) atoms. The van der Waals surface area contributed by atoms with Gasteiger partial charge in [0.2, 0.25) is 0 Å². The monoisotopic (exact) mass is 306 g/mol. The first-order valence-corrected chi connectivity index (χ1v) is 6.67. The standard InChI is InChI=1S/C10H9F3N4O2S/c11-10(12,13)7-5-6(1-2-8(7)14)17-20(18,19)9-3-4-15-16-9/h1-5,17H,14H2,(H,15,16). The molecule has 0 saturated heterocycles. The van der Waals surface area contributed by atoms with Crippen molar-refractivity contribution < 1.29 is 21.6 Å². The Hall–Kier alpha value is -2.23. The molecule has 0 unspecified atom stereocenters. The van der Waals surface area contributed by atoms with Crippen molar-refractivity contribution in [1.82, 2.24) is 10.2 Å². The number of H-pyrrole nitrogens is 1. The third kappa shape index (κ3) is 2.85. The number of nitrogens with one attached hydrogen (secondary N) is 2. The van der Waals surface area contributed by atoms with Gasteiger partial charge in [-0.3, -0.25) is 9.82 Å². The van der Waals surface area contributed by atoms with E-state index in [0.717, 1.165) is 12.1 Å². The summed E-state index contributed by atoms with van der Waals surface area (Å²) in [5.41, 5.74) is 3.38. The van der Waals surface area contributed by atoms with E-state index in [0.29, 0.717) is 6.07 Å². The third-order valence-electron chi connectivity index (χ3n) is 2.38. The number of nitrogens with two attached hydrogens (primary N) is 1. The van der Waals surface area contributed by atoms with Gasteiger partial charge >= 0.3 is 6.18 Å². The van der Waals surface area contributed by atoms with Crippen LogP contribution in [0.2, 0.25) is 0 Å².